The van der Waals surface area contributed by atoms with Crippen molar-refractivity contribution in [2.75, 3.05) is 0 Å². The van der Waals surface area contributed by atoms with E-state index in [-0.39, 0.29) is 0 Å². The first kappa shape index (κ1) is 33.4. The zero-order valence-corrected chi connectivity index (χ0v) is 31.2. The van der Waals surface area contributed by atoms with Crippen LogP contribution >= 0.6 is 0 Å². The topological polar surface area (TPSA) is 71.7 Å². The maximum absolute atomic E-state index is 9.47. The van der Waals surface area contributed by atoms with E-state index in [4.69, 9.17) is 19.7 Å². The van der Waals surface area contributed by atoms with Gasteiger partial charge in [-0.25, -0.2) is 9.97 Å². The van der Waals surface area contributed by atoms with E-state index in [1.165, 1.54) is 22.3 Å². The van der Waals surface area contributed by atoms with Crippen LogP contribution in [0.25, 0.3) is 67.4 Å². The molecule has 58 heavy (non-hydrogen) atoms. The molecule has 7 aromatic carbocycles. The molecule has 0 unspecified atom stereocenters. The van der Waals surface area contributed by atoms with Gasteiger partial charge in [0.05, 0.1) is 34.1 Å². The average molecular weight is 741 g/mol. The fraction of sp³-hybridized carbons (Fsp3) is 0.0189. The van der Waals surface area contributed by atoms with Gasteiger partial charge in [-0.1, -0.05) is 127 Å². The third kappa shape index (κ3) is 5.27. The fourth-order valence-corrected chi connectivity index (χ4v) is 8.80. The van der Waals surface area contributed by atoms with E-state index in [1.807, 2.05) is 66.9 Å². The Bertz CT molecular complexity index is 2990. The first-order valence-electron chi connectivity index (χ1n) is 19.3. The first-order chi connectivity index (χ1) is 28.7. The van der Waals surface area contributed by atoms with Gasteiger partial charge < -0.3 is 4.74 Å². The lowest BCUT2D eigenvalue weighted by Crippen LogP contribution is -2.32. The Morgan fingerprint density at radius 2 is 0.966 bits per heavy atom. The number of nitriles is 1. The third-order valence-electron chi connectivity index (χ3n) is 11.4. The maximum Gasteiger partial charge on any atom is 0.160 e. The van der Waals surface area contributed by atoms with Gasteiger partial charge in [-0.15, -0.1) is 0 Å². The molecule has 1 aliphatic heterocycles. The second-order valence-corrected chi connectivity index (χ2v) is 14.7. The summed E-state index contributed by atoms with van der Waals surface area (Å²) in [5, 5.41) is 9.47. The molecule has 2 aliphatic rings. The van der Waals surface area contributed by atoms with Gasteiger partial charge in [-0.05, 0) is 88.5 Å². The van der Waals surface area contributed by atoms with Crippen molar-refractivity contribution in [3.63, 3.8) is 0 Å². The van der Waals surface area contributed by atoms with Crippen LogP contribution in [0, 0.1) is 11.3 Å². The van der Waals surface area contributed by atoms with Gasteiger partial charge in [0.25, 0.3) is 0 Å². The normalized spacial score (nSPS) is 12.7. The van der Waals surface area contributed by atoms with Crippen LogP contribution in [0.1, 0.15) is 27.8 Å². The quantitative estimate of drug-likeness (QED) is 0.176. The Morgan fingerprint density at radius 3 is 1.57 bits per heavy atom. The number of rotatable bonds is 5. The van der Waals surface area contributed by atoms with E-state index < -0.39 is 5.41 Å². The number of fused-ring (bicyclic) bond motifs is 9. The van der Waals surface area contributed by atoms with Crippen molar-refractivity contribution in [1.29, 1.82) is 5.26 Å². The Kier molecular flexibility index (Phi) is 7.70. The van der Waals surface area contributed by atoms with Crippen LogP contribution in [0.5, 0.6) is 11.5 Å². The molecule has 9 aromatic rings. The lowest BCUT2D eigenvalue weighted by Gasteiger charge is -2.39. The number of nitrogens with zero attached hydrogens (tertiary/aromatic N) is 4. The highest BCUT2D eigenvalue weighted by atomic mass is 16.5. The molecule has 0 fully saturated rings. The van der Waals surface area contributed by atoms with Crippen molar-refractivity contribution in [1.82, 2.24) is 15.0 Å². The maximum atomic E-state index is 9.47. The van der Waals surface area contributed by atoms with Crippen molar-refractivity contribution < 1.29 is 4.74 Å². The molecule has 1 aliphatic carbocycles. The highest BCUT2D eigenvalue weighted by Crippen LogP contribution is 2.62. The summed E-state index contributed by atoms with van der Waals surface area (Å²) in [5.41, 5.74) is 15.2. The minimum absolute atomic E-state index is 0.620. The summed E-state index contributed by atoms with van der Waals surface area (Å²) in [6.07, 6.45) is 1.88. The first-order valence-corrected chi connectivity index (χ1v) is 19.3. The lowest BCUT2D eigenvalue weighted by atomic mass is 9.65. The summed E-state index contributed by atoms with van der Waals surface area (Å²) in [6.45, 7) is 0. The lowest BCUT2D eigenvalue weighted by molar-refractivity contribution is 0.436. The molecule has 0 bridgehead atoms. The Morgan fingerprint density at radius 1 is 0.414 bits per heavy atom. The summed E-state index contributed by atoms with van der Waals surface area (Å²) in [7, 11) is 0. The van der Waals surface area contributed by atoms with E-state index >= 15 is 0 Å². The predicted molar refractivity (Wildman–Crippen MR) is 229 cm³/mol. The minimum atomic E-state index is -0.709. The number of hydrogen-bond acceptors (Lipinski definition) is 5. The Labute approximate surface area is 336 Å². The smallest absolute Gasteiger partial charge is 0.160 e. The van der Waals surface area contributed by atoms with Crippen LogP contribution in [0.3, 0.4) is 0 Å². The molecule has 2 aromatic heterocycles. The molecule has 0 radical (unpaired) electrons. The molecule has 5 heteroatoms. The van der Waals surface area contributed by atoms with E-state index in [2.05, 4.69) is 133 Å². The van der Waals surface area contributed by atoms with Crippen molar-refractivity contribution in [3.8, 4) is 85.0 Å². The summed E-state index contributed by atoms with van der Waals surface area (Å²) >= 11 is 0. The van der Waals surface area contributed by atoms with E-state index in [1.54, 1.807) is 0 Å². The standard InChI is InChI=1S/C53H32N4O/c54-32-34-12-11-17-37(28-34)40-22-25-47(55-33-40)38-23-26-50-45(29-38)53(43-20-9-7-18-41(43)42-19-8-10-21-44(42)53)46-30-39(24-27-51(46)58-50)52-56-48(35-13-3-1-4-14-35)31-49(57-52)36-15-5-2-6-16-36/h1-31,33H. The number of benzene rings is 7. The molecular formula is C53H32N4O. The molecule has 5 nitrogen and oxygen atoms in total. The van der Waals surface area contributed by atoms with Gasteiger partial charge in [0.2, 0.25) is 0 Å². The minimum Gasteiger partial charge on any atom is -0.457 e. The van der Waals surface area contributed by atoms with Crippen molar-refractivity contribution in [2.24, 2.45) is 0 Å². The molecule has 270 valence electrons. The summed E-state index contributed by atoms with van der Waals surface area (Å²) in [5.74, 6) is 2.23. The van der Waals surface area contributed by atoms with Crippen LogP contribution in [0.2, 0.25) is 0 Å². The summed E-state index contributed by atoms with van der Waals surface area (Å²) in [4.78, 5) is 15.4. The van der Waals surface area contributed by atoms with Crippen LogP contribution in [0.4, 0.5) is 0 Å². The van der Waals surface area contributed by atoms with E-state index in [9.17, 15) is 5.26 Å². The monoisotopic (exact) mass is 740 g/mol. The molecule has 3 heterocycles. The van der Waals surface area contributed by atoms with Crippen molar-refractivity contribution >= 4 is 0 Å². The molecular weight excluding hydrogens is 709 g/mol. The van der Waals surface area contributed by atoms with Crippen molar-refractivity contribution in [3.05, 3.63) is 222 Å². The van der Waals surface area contributed by atoms with Crippen LogP contribution in [-0.2, 0) is 5.41 Å². The number of pyridine rings is 1. The molecule has 0 atom stereocenters. The number of aromatic nitrogens is 3. The molecule has 0 N–H and O–H groups in total. The zero-order chi connectivity index (χ0) is 38.6. The highest BCUT2D eigenvalue weighted by molar-refractivity contribution is 5.90. The zero-order valence-electron chi connectivity index (χ0n) is 31.2. The molecule has 11 rings (SSSR count). The van der Waals surface area contributed by atoms with Gasteiger partial charge in [0, 0.05) is 45.1 Å². The largest absolute Gasteiger partial charge is 0.457 e. The average Bonchev–Trinajstić information content (AvgIpc) is 3.60. The second-order valence-electron chi connectivity index (χ2n) is 14.7. The Hall–Kier alpha value is -7.94. The van der Waals surface area contributed by atoms with Gasteiger partial charge in [-0.3, -0.25) is 4.98 Å². The van der Waals surface area contributed by atoms with Crippen LogP contribution in [0.15, 0.2) is 194 Å². The number of ether oxygens (including phenoxy) is 1. The molecule has 0 amide bonds. The molecule has 0 saturated heterocycles. The summed E-state index contributed by atoms with van der Waals surface area (Å²) in [6, 6.07) is 66.9. The molecule has 0 saturated carbocycles. The SMILES string of the molecule is N#Cc1cccc(-c2ccc(-c3ccc4c(c3)C3(c5cc(-c6nc(-c7ccccc7)cc(-c7ccccc7)n6)ccc5O4)c4ccccc4-c4ccccc43)nc2)c1. The van der Waals surface area contributed by atoms with Gasteiger partial charge in [0.1, 0.15) is 11.5 Å². The van der Waals surface area contributed by atoms with Crippen LogP contribution in [-0.4, -0.2) is 15.0 Å². The summed E-state index contributed by atoms with van der Waals surface area (Å²) < 4.78 is 6.87. The second kappa shape index (κ2) is 13.4. The van der Waals surface area contributed by atoms with Crippen LogP contribution < -0.4 is 4.74 Å². The fourth-order valence-electron chi connectivity index (χ4n) is 8.80. The van der Waals surface area contributed by atoms with E-state index in [0.29, 0.717) is 11.4 Å². The Balaban J connectivity index is 1.12. The number of hydrogen-bond donors (Lipinski definition) is 0. The van der Waals surface area contributed by atoms with Gasteiger partial charge >= 0.3 is 0 Å². The van der Waals surface area contributed by atoms with Gasteiger partial charge in [0.15, 0.2) is 5.82 Å². The van der Waals surface area contributed by atoms with Gasteiger partial charge in [-0.2, -0.15) is 5.26 Å². The highest BCUT2D eigenvalue weighted by Gasteiger charge is 2.51. The predicted octanol–water partition coefficient (Wildman–Crippen LogP) is 12.5. The third-order valence-corrected chi connectivity index (χ3v) is 11.4. The van der Waals surface area contributed by atoms with Crippen molar-refractivity contribution in [2.45, 2.75) is 5.41 Å². The van der Waals surface area contributed by atoms with E-state index in [0.717, 1.165) is 73.1 Å². The molecule has 1 spiro atoms.